The zero-order valence-corrected chi connectivity index (χ0v) is 41.9. The van der Waals surface area contributed by atoms with Crippen LogP contribution in [0.15, 0.2) is 84.6 Å². The lowest BCUT2D eigenvalue weighted by Crippen LogP contribution is -2.33. The average Bonchev–Trinajstić information content (AvgIpc) is 3.63. The van der Waals surface area contributed by atoms with Crippen molar-refractivity contribution >= 4 is 17.1 Å². The van der Waals surface area contributed by atoms with Crippen molar-refractivity contribution in [2.75, 3.05) is 11.4 Å². The fraction of sp³-hybridized carbons (Fsp3) is 0.683. The maximum atomic E-state index is 2.68. The highest BCUT2D eigenvalue weighted by Gasteiger charge is 2.44. The Balaban J connectivity index is 1.26. The van der Waals surface area contributed by atoms with Gasteiger partial charge in [0.25, 0.3) is 0 Å². The summed E-state index contributed by atoms with van der Waals surface area (Å²) in [6.07, 6.45) is 53.8. The summed E-state index contributed by atoms with van der Waals surface area (Å²) < 4.78 is 2.64. The quantitative estimate of drug-likeness (QED) is 0.0381. The van der Waals surface area contributed by atoms with Crippen LogP contribution in [0.2, 0.25) is 0 Å². The number of para-hydroxylation sites is 2. The molecule has 0 saturated heterocycles. The van der Waals surface area contributed by atoms with Crippen molar-refractivity contribution < 1.29 is 4.58 Å². The molecule has 0 N–H and O–H groups in total. The zero-order chi connectivity index (χ0) is 44.3. The number of fused-ring (bicyclic) bond motifs is 2. The van der Waals surface area contributed by atoms with E-state index in [2.05, 4.69) is 137 Å². The van der Waals surface area contributed by atoms with Crippen LogP contribution in [-0.4, -0.2) is 22.9 Å². The van der Waals surface area contributed by atoms with Crippen molar-refractivity contribution in [1.29, 1.82) is 0 Å². The normalized spacial score (nSPS) is 16.7. The number of hydrogen-bond donors (Lipinski definition) is 0. The van der Waals surface area contributed by atoms with Crippen molar-refractivity contribution in [2.45, 2.75) is 258 Å². The van der Waals surface area contributed by atoms with Crippen molar-refractivity contribution in [1.82, 2.24) is 0 Å². The van der Waals surface area contributed by atoms with Gasteiger partial charge in [0.05, 0.1) is 5.41 Å². The number of anilines is 1. The first kappa shape index (κ1) is 51.8. The first-order valence-electron chi connectivity index (χ1n) is 26.9. The smallest absolute Gasteiger partial charge is 0.209 e. The molecule has 0 saturated carbocycles. The van der Waals surface area contributed by atoms with Crippen LogP contribution in [0.1, 0.15) is 252 Å². The molecule has 2 nitrogen and oxygen atoms in total. The summed E-state index contributed by atoms with van der Waals surface area (Å²) in [5, 5.41) is 0. The molecule has 0 spiro atoms. The monoisotopic (exact) mass is 846 g/mol. The highest BCUT2D eigenvalue weighted by molar-refractivity contribution is 6.03. The lowest BCUT2D eigenvalue weighted by molar-refractivity contribution is -0.438. The number of unbranched alkanes of at least 4 members (excludes halogenated alkanes) is 27. The first-order valence-corrected chi connectivity index (χ1v) is 26.9. The lowest BCUT2D eigenvalue weighted by Gasteiger charge is -2.32. The van der Waals surface area contributed by atoms with Crippen LogP contribution in [-0.2, 0) is 10.8 Å². The Hall–Kier alpha value is -2.87. The first-order chi connectivity index (χ1) is 30.2. The minimum absolute atomic E-state index is 0.0105. The largest absolute Gasteiger partial charge is 0.341 e. The molecule has 0 aromatic heterocycles. The van der Waals surface area contributed by atoms with E-state index in [0.717, 1.165) is 6.54 Å². The van der Waals surface area contributed by atoms with E-state index in [-0.39, 0.29) is 10.8 Å². The molecule has 4 rings (SSSR count). The van der Waals surface area contributed by atoms with E-state index < -0.39 is 0 Å². The van der Waals surface area contributed by atoms with E-state index in [0.29, 0.717) is 6.04 Å². The van der Waals surface area contributed by atoms with Gasteiger partial charge in [-0.3, -0.25) is 0 Å². The van der Waals surface area contributed by atoms with Crippen LogP contribution in [0.3, 0.4) is 0 Å². The van der Waals surface area contributed by atoms with Crippen LogP contribution in [0, 0.1) is 0 Å². The second kappa shape index (κ2) is 29.5. The Morgan fingerprint density at radius 3 is 1.44 bits per heavy atom. The molecule has 0 radical (unpaired) electrons. The minimum atomic E-state index is -0.0255. The third-order valence-corrected chi connectivity index (χ3v) is 14.7. The third-order valence-electron chi connectivity index (χ3n) is 14.7. The maximum Gasteiger partial charge on any atom is 0.209 e. The van der Waals surface area contributed by atoms with Gasteiger partial charge < -0.3 is 4.90 Å². The maximum absolute atomic E-state index is 2.68. The summed E-state index contributed by atoms with van der Waals surface area (Å²) in [5.41, 5.74) is 8.55. The molecule has 1 atom stereocenters. The molecule has 0 aliphatic carbocycles. The van der Waals surface area contributed by atoms with Gasteiger partial charge in [0.15, 0.2) is 5.71 Å². The predicted molar refractivity (Wildman–Crippen MR) is 277 cm³/mol. The Labute approximate surface area is 385 Å². The van der Waals surface area contributed by atoms with Gasteiger partial charge >= 0.3 is 0 Å². The van der Waals surface area contributed by atoms with E-state index in [4.69, 9.17) is 0 Å². The molecule has 2 aliphatic rings. The van der Waals surface area contributed by atoms with Crippen LogP contribution in [0.4, 0.5) is 11.4 Å². The van der Waals surface area contributed by atoms with Crippen molar-refractivity contribution in [3.8, 4) is 0 Å². The molecule has 0 bridgehead atoms. The van der Waals surface area contributed by atoms with E-state index in [1.165, 1.54) is 227 Å². The van der Waals surface area contributed by atoms with Gasteiger partial charge in [0.1, 0.15) is 6.54 Å². The fourth-order valence-electron chi connectivity index (χ4n) is 10.7. The molecule has 2 aromatic carbocycles. The fourth-order valence-corrected chi connectivity index (χ4v) is 10.7. The molecule has 2 aliphatic heterocycles. The molecule has 62 heavy (non-hydrogen) atoms. The van der Waals surface area contributed by atoms with E-state index in [1.54, 1.807) is 0 Å². The summed E-state index contributed by atoms with van der Waals surface area (Å²) in [7, 11) is 0. The molecular formula is C60H97N2+. The topological polar surface area (TPSA) is 6.25 Å². The molecule has 2 aromatic rings. The summed E-state index contributed by atoms with van der Waals surface area (Å²) in [4.78, 5) is 2.68. The van der Waals surface area contributed by atoms with Crippen molar-refractivity contribution in [2.24, 2.45) is 0 Å². The Morgan fingerprint density at radius 2 is 0.919 bits per heavy atom. The van der Waals surface area contributed by atoms with E-state index >= 15 is 0 Å². The Morgan fingerprint density at radius 1 is 0.484 bits per heavy atom. The highest BCUT2D eigenvalue weighted by Crippen LogP contribution is 2.49. The van der Waals surface area contributed by atoms with Crippen LogP contribution in [0.25, 0.3) is 0 Å². The SMILES string of the molecule is CCCCCCCCCCCCCCCCC[N+]1=C(C=CC=CC=C2N(C(C)CCCCCCCCCCCCCCCC)c3ccccc3C2(C)C)C(C)(C)c2ccccc21. The summed E-state index contributed by atoms with van der Waals surface area (Å²) in [5.74, 6) is 0. The van der Waals surface area contributed by atoms with E-state index in [9.17, 15) is 0 Å². The number of hydrogen-bond acceptors (Lipinski definition) is 1. The minimum Gasteiger partial charge on any atom is -0.341 e. The van der Waals surface area contributed by atoms with Gasteiger partial charge in [0, 0.05) is 47.0 Å². The van der Waals surface area contributed by atoms with Gasteiger partial charge in [-0.05, 0) is 51.3 Å². The van der Waals surface area contributed by atoms with E-state index in [1.807, 2.05) is 0 Å². The van der Waals surface area contributed by atoms with Gasteiger partial charge in [0.2, 0.25) is 5.69 Å². The summed E-state index contributed by atoms with van der Waals surface area (Å²) >= 11 is 0. The van der Waals surface area contributed by atoms with Gasteiger partial charge in [-0.1, -0.05) is 256 Å². The Bertz CT molecular complexity index is 1630. The van der Waals surface area contributed by atoms with Gasteiger partial charge in [-0.15, -0.1) is 0 Å². The second-order valence-corrected chi connectivity index (χ2v) is 20.7. The number of benzene rings is 2. The third kappa shape index (κ3) is 16.6. The second-order valence-electron chi connectivity index (χ2n) is 20.7. The number of nitrogens with zero attached hydrogens (tertiary/aromatic N) is 2. The predicted octanol–water partition coefficient (Wildman–Crippen LogP) is 19.0. The zero-order valence-electron chi connectivity index (χ0n) is 41.9. The number of rotatable bonds is 35. The molecule has 0 fully saturated rings. The molecule has 2 heterocycles. The van der Waals surface area contributed by atoms with Crippen LogP contribution >= 0.6 is 0 Å². The van der Waals surface area contributed by atoms with Crippen molar-refractivity contribution in [3.05, 3.63) is 95.7 Å². The number of allylic oxidation sites excluding steroid dienone is 6. The van der Waals surface area contributed by atoms with Crippen LogP contribution in [0.5, 0.6) is 0 Å². The molecule has 0 amide bonds. The summed E-state index contributed by atoms with van der Waals surface area (Å²) in [6.45, 7) is 17.9. The summed E-state index contributed by atoms with van der Waals surface area (Å²) in [6, 6.07) is 18.8. The highest BCUT2D eigenvalue weighted by atomic mass is 15.2. The van der Waals surface area contributed by atoms with Crippen molar-refractivity contribution in [3.63, 3.8) is 0 Å². The molecular weight excluding hydrogens is 749 g/mol. The Kier molecular flexibility index (Phi) is 24.7. The average molecular weight is 846 g/mol. The lowest BCUT2D eigenvalue weighted by atomic mass is 9.81. The molecule has 2 heteroatoms. The van der Waals surface area contributed by atoms with Gasteiger partial charge in [-0.25, -0.2) is 0 Å². The molecule has 346 valence electrons. The van der Waals surface area contributed by atoms with Crippen LogP contribution < -0.4 is 4.90 Å². The molecule has 1 unspecified atom stereocenters. The standard InChI is InChI=1S/C60H97N2/c1-8-10-12-14-16-18-20-22-24-26-28-30-32-34-43-51-61-55-47-41-39-45-53(55)59(4,5)57(61)49-37-35-38-50-58-60(6,7)54-46-40-42-48-56(54)62(58)52(3)44-36-33-31-29-27-25-23-21-19-17-15-13-11-9-2/h35,37-42,45-50,52H,8-34,36,43-44,51H2,1-7H3/q+1. The van der Waals surface area contributed by atoms with Gasteiger partial charge in [-0.2, -0.15) is 4.58 Å².